The molecule has 0 aliphatic carbocycles. The lowest BCUT2D eigenvalue weighted by atomic mass is 10.0. The summed E-state index contributed by atoms with van der Waals surface area (Å²) in [4.78, 5) is 2.39. The predicted octanol–water partition coefficient (Wildman–Crippen LogP) is 2.92. The number of nitriles is 1. The molecule has 1 N–H and O–H groups in total. The second-order valence-corrected chi connectivity index (χ2v) is 5.56. The number of benzene rings is 1. The van der Waals surface area contributed by atoms with E-state index < -0.39 is 0 Å². The molecule has 102 valence electrons. The van der Waals surface area contributed by atoms with Crippen molar-refractivity contribution in [3.63, 3.8) is 0 Å². The Balaban J connectivity index is 2.12. The van der Waals surface area contributed by atoms with Crippen LogP contribution in [0.5, 0.6) is 0 Å². The van der Waals surface area contributed by atoms with Gasteiger partial charge in [0.2, 0.25) is 0 Å². The van der Waals surface area contributed by atoms with Crippen LogP contribution in [0.2, 0.25) is 0 Å². The van der Waals surface area contributed by atoms with Gasteiger partial charge in [-0.3, -0.25) is 0 Å². The fourth-order valence-corrected chi connectivity index (χ4v) is 2.69. The highest BCUT2D eigenvalue weighted by Gasteiger charge is 2.19. The average molecular weight is 257 g/mol. The summed E-state index contributed by atoms with van der Waals surface area (Å²) in [6.45, 7) is 6.57. The topological polar surface area (TPSA) is 39.1 Å². The van der Waals surface area contributed by atoms with Gasteiger partial charge in [0.25, 0.3) is 0 Å². The van der Waals surface area contributed by atoms with E-state index in [4.69, 9.17) is 5.26 Å². The first-order valence-electron chi connectivity index (χ1n) is 7.21. The fourth-order valence-electron chi connectivity index (χ4n) is 2.69. The highest BCUT2D eigenvalue weighted by atomic mass is 15.2. The maximum absolute atomic E-state index is 9.02. The second kappa shape index (κ2) is 6.58. The van der Waals surface area contributed by atoms with Crippen LogP contribution in [0.1, 0.15) is 38.7 Å². The maximum atomic E-state index is 9.02. The Bertz CT molecular complexity index is 442. The first-order valence-corrected chi connectivity index (χ1v) is 7.21. The van der Waals surface area contributed by atoms with Crippen molar-refractivity contribution in [3.8, 4) is 6.07 Å². The molecule has 0 amide bonds. The van der Waals surface area contributed by atoms with Gasteiger partial charge in [-0.25, -0.2) is 0 Å². The largest absolute Gasteiger partial charge is 0.368 e. The molecule has 1 aliphatic heterocycles. The summed E-state index contributed by atoms with van der Waals surface area (Å²) in [6, 6.07) is 11.2. The SMILES string of the molecule is CC(C)N(CC1CCCCN1)c1cccc(C#N)c1. The number of piperidine rings is 1. The molecular formula is C16H23N3. The molecule has 0 radical (unpaired) electrons. The smallest absolute Gasteiger partial charge is 0.0992 e. The van der Waals surface area contributed by atoms with Gasteiger partial charge < -0.3 is 10.2 Å². The van der Waals surface area contributed by atoms with Crippen LogP contribution in [0.4, 0.5) is 5.69 Å². The summed E-state index contributed by atoms with van der Waals surface area (Å²) in [5.41, 5.74) is 1.89. The molecule has 1 aromatic rings. The van der Waals surface area contributed by atoms with Gasteiger partial charge in [-0.2, -0.15) is 5.26 Å². The van der Waals surface area contributed by atoms with Crippen LogP contribution in [-0.4, -0.2) is 25.2 Å². The minimum absolute atomic E-state index is 0.442. The zero-order valence-corrected chi connectivity index (χ0v) is 11.9. The Morgan fingerprint density at radius 3 is 2.89 bits per heavy atom. The standard InChI is InChI=1S/C16H23N3/c1-13(2)19(12-15-7-3-4-9-18-15)16-8-5-6-14(10-16)11-17/h5-6,8,10,13,15,18H,3-4,7,9,12H2,1-2H3. The fraction of sp³-hybridized carbons (Fsp3) is 0.562. The third kappa shape index (κ3) is 3.71. The molecule has 19 heavy (non-hydrogen) atoms. The highest BCUT2D eigenvalue weighted by Crippen LogP contribution is 2.20. The monoisotopic (exact) mass is 257 g/mol. The van der Waals surface area contributed by atoms with Crippen LogP contribution in [0.3, 0.4) is 0 Å². The third-order valence-electron chi connectivity index (χ3n) is 3.76. The Morgan fingerprint density at radius 1 is 1.42 bits per heavy atom. The number of hydrogen-bond acceptors (Lipinski definition) is 3. The van der Waals surface area contributed by atoms with Crippen molar-refractivity contribution < 1.29 is 0 Å². The number of anilines is 1. The van der Waals surface area contributed by atoms with Crippen molar-refractivity contribution in [2.45, 2.75) is 45.2 Å². The zero-order chi connectivity index (χ0) is 13.7. The van der Waals surface area contributed by atoms with Gasteiger partial charge in [0.1, 0.15) is 0 Å². The van der Waals surface area contributed by atoms with Crippen LogP contribution in [0.15, 0.2) is 24.3 Å². The van der Waals surface area contributed by atoms with Crippen molar-refractivity contribution in [2.75, 3.05) is 18.0 Å². The Kier molecular flexibility index (Phi) is 4.81. The van der Waals surface area contributed by atoms with E-state index in [0.29, 0.717) is 12.1 Å². The van der Waals surface area contributed by atoms with Gasteiger partial charge in [-0.1, -0.05) is 12.5 Å². The zero-order valence-electron chi connectivity index (χ0n) is 11.9. The minimum atomic E-state index is 0.442. The molecule has 1 aromatic carbocycles. The third-order valence-corrected chi connectivity index (χ3v) is 3.76. The summed E-state index contributed by atoms with van der Waals surface area (Å²) in [5.74, 6) is 0. The molecule has 1 fully saturated rings. The van der Waals surface area contributed by atoms with Crippen molar-refractivity contribution >= 4 is 5.69 Å². The molecule has 1 atom stereocenters. The normalized spacial score (nSPS) is 19.2. The lowest BCUT2D eigenvalue weighted by molar-refractivity contribution is 0.393. The summed E-state index contributed by atoms with van der Waals surface area (Å²) < 4.78 is 0. The number of hydrogen-bond donors (Lipinski definition) is 1. The number of nitrogens with one attached hydrogen (secondary N) is 1. The van der Waals surface area contributed by atoms with Crippen LogP contribution >= 0.6 is 0 Å². The summed E-state index contributed by atoms with van der Waals surface area (Å²) in [7, 11) is 0. The molecule has 3 heteroatoms. The van der Waals surface area contributed by atoms with Crippen molar-refractivity contribution in [3.05, 3.63) is 29.8 Å². The molecule has 1 unspecified atom stereocenters. The quantitative estimate of drug-likeness (QED) is 0.901. The number of nitrogens with zero attached hydrogens (tertiary/aromatic N) is 2. The first kappa shape index (κ1) is 13.9. The van der Waals surface area contributed by atoms with Gasteiger partial charge >= 0.3 is 0 Å². The van der Waals surface area contributed by atoms with E-state index in [1.165, 1.54) is 19.3 Å². The molecule has 1 heterocycles. The van der Waals surface area contributed by atoms with E-state index in [1.54, 1.807) is 0 Å². The van der Waals surface area contributed by atoms with E-state index in [2.05, 4.69) is 36.2 Å². The van der Waals surface area contributed by atoms with Gasteiger partial charge in [0.05, 0.1) is 11.6 Å². The predicted molar refractivity (Wildman–Crippen MR) is 79.3 cm³/mol. The van der Waals surface area contributed by atoms with Crippen molar-refractivity contribution in [1.82, 2.24) is 5.32 Å². The van der Waals surface area contributed by atoms with Crippen molar-refractivity contribution in [2.24, 2.45) is 0 Å². The van der Waals surface area contributed by atoms with Gasteiger partial charge in [0, 0.05) is 24.3 Å². The molecule has 1 saturated heterocycles. The average Bonchev–Trinajstić information content (AvgIpc) is 2.45. The minimum Gasteiger partial charge on any atom is -0.368 e. The molecule has 3 nitrogen and oxygen atoms in total. The second-order valence-electron chi connectivity index (χ2n) is 5.56. The van der Waals surface area contributed by atoms with Gasteiger partial charge in [-0.05, 0) is 51.4 Å². The summed E-state index contributed by atoms with van der Waals surface area (Å²) in [6.07, 6.45) is 3.87. The highest BCUT2D eigenvalue weighted by molar-refractivity contribution is 5.52. The summed E-state index contributed by atoms with van der Waals surface area (Å²) >= 11 is 0. The van der Waals surface area contributed by atoms with Crippen LogP contribution in [0, 0.1) is 11.3 Å². The molecular weight excluding hydrogens is 234 g/mol. The van der Waals surface area contributed by atoms with Crippen LogP contribution in [0.25, 0.3) is 0 Å². The lowest BCUT2D eigenvalue weighted by Crippen LogP contribution is -2.46. The van der Waals surface area contributed by atoms with Gasteiger partial charge in [0.15, 0.2) is 0 Å². The Hall–Kier alpha value is -1.53. The maximum Gasteiger partial charge on any atom is 0.0992 e. The Morgan fingerprint density at radius 2 is 2.26 bits per heavy atom. The van der Waals surface area contributed by atoms with E-state index in [9.17, 15) is 0 Å². The summed E-state index contributed by atoms with van der Waals surface area (Å²) in [5, 5.41) is 12.6. The molecule has 1 aliphatic rings. The molecule has 0 saturated carbocycles. The van der Waals surface area contributed by atoms with Crippen LogP contribution < -0.4 is 10.2 Å². The van der Waals surface area contributed by atoms with E-state index in [-0.39, 0.29) is 0 Å². The first-order chi connectivity index (χ1) is 9.20. The molecule has 2 rings (SSSR count). The van der Waals surface area contributed by atoms with Gasteiger partial charge in [-0.15, -0.1) is 0 Å². The molecule has 0 aromatic heterocycles. The van der Waals surface area contributed by atoms with E-state index >= 15 is 0 Å². The molecule has 0 spiro atoms. The van der Waals surface area contributed by atoms with E-state index in [0.717, 1.165) is 24.3 Å². The number of rotatable bonds is 4. The molecule has 0 bridgehead atoms. The van der Waals surface area contributed by atoms with Crippen LogP contribution in [-0.2, 0) is 0 Å². The van der Waals surface area contributed by atoms with E-state index in [1.807, 2.05) is 18.2 Å². The lowest BCUT2D eigenvalue weighted by Gasteiger charge is -2.35. The van der Waals surface area contributed by atoms with Crippen molar-refractivity contribution in [1.29, 1.82) is 5.26 Å². The Labute approximate surface area is 116 Å².